The molecule has 0 bridgehead atoms. The normalized spacial score (nSPS) is 14.0. The van der Waals surface area contributed by atoms with E-state index in [4.69, 9.17) is 0 Å². The maximum Gasteiger partial charge on any atom is 0.0372 e. The Morgan fingerprint density at radius 2 is 0.970 bits per heavy atom. The van der Waals surface area contributed by atoms with Gasteiger partial charge in [-0.1, -0.05) is 67.8 Å². The first-order chi connectivity index (χ1) is 16.2. The van der Waals surface area contributed by atoms with Crippen LogP contribution >= 0.6 is 7.92 Å². The molecule has 0 saturated heterocycles. The molecular formula is C30H39N2P. The smallest absolute Gasteiger partial charge is 0.0372 e. The zero-order valence-electron chi connectivity index (χ0n) is 20.0. The van der Waals surface area contributed by atoms with Gasteiger partial charge >= 0.3 is 0 Å². The summed E-state index contributed by atoms with van der Waals surface area (Å²) in [5.74, 6) is 0. The molecule has 3 rings (SSSR count). The molecule has 1 aliphatic carbocycles. The third-order valence-electron chi connectivity index (χ3n) is 6.32. The Bertz CT molecular complexity index is 806. The van der Waals surface area contributed by atoms with E-state index in [1.165, 1.54) is 54.1 Å². The lowest BCUT2D eigenvalue weighted by Crippen LogP contribution is -2.26. The van der Waals surface area contributed by atoms with Crippen molar-refractivity contribution in [3.05, 3.63) is 99.2 Å². The highest BCUT2D eigenvalue weighted by atomic mass is 31.1. The van der Waals surface area contributed by atoms with Crippen molar-refractivity contribution in [2.75, 3.05) is 36.0 Å². The Labute approximate surface area is 202 Å². The van der Waals surface area contributed by atoms with Crippen LogP contribution in [-0.4, -0.2) is 31.8 Å². The number of nitrogens with zero attached hydrogens (tertiary/aromatic N) is 2. The highest BCUT2D eigenvalue weighted by Gasteiger charge is 2.26. The third kappa shape index (κ3) is 6.71. The average molecular weight is 459 g/mol. The average Bonchev–Trinajstić information content (AvgIpc) is 2.86. The summed E-state index contributed by atoms with van der Waals surface area (Å²) < 4.78 is 0. The van der Waals surface area contributed by atoms with Crippen LogP contribution in [0.15, 0.2) is 99.2 Å². The summed E-state index contributed by atoms with van der Waals surface area (Å²) in [6.45, 7) is 19.0. The van der Waals surface area contributed by atoms with Crippen molar-refractivity contribution in [3.8, 4) is 0 Å². The molecular weight excluding hydrogens is 419 g/mol. The van der Waals surface area contributed by atoms with Crippen molar-refractivity contribution in [3.63, 3.8) is 0 Å². The lowest BCUT2D eigenvalue weighted by molar-refractivity contribution is 0.513. The van der Waals surface area contributed by atoms with Gasteiger partial charge in [0, 0.05) is 37.6 Å². The van der Waals surface area contributed by atoms with E-state index in [1.807, 2.05) is 24.3 Å². The monoisotopic (exact) mass is 458 g/mol. The summed E-state index contributed by atoms with van der Waals surface area (Å²) in [6, 6.07) is 18.6. The van der Waals surface area contributed by atoms with Crippen molar-refractivity contribution in [1.29, 1.82) is 0 Å². The van der Waals surface area contributed by atoms with Gasteiger partial charge in [0.1, 0.15) is 0 Å². The van der Waals surface area contributed by atoms with E-state index in [2.05, 4.69) is 84.6 Å². The fraction of sp³-hybridized carbons (Fsp3) is 0.333. The quantitative estimate of drug-likeness (QED) is 0.240. The fourth-order valence-corrected chi connectivity index (χ4v) is 7.72. The molecule has 1 aliphatic rings. The number of hydrogen-bond acceptors (Lipinski definition) is 2. The third-order valence-corrected chi connectivity index (χ3v) is 9.28. The van der Waals surface area contributed by atoms with Crippen LogP contribution in [0.25, 0.3) is 0 Å². The van der Waals surface area contributed by atoms with E-state index in [9.17, 15) is 0 Å². The molecule has 0 N–H and O–H groups in total. The van der Waals surface area contributed by atoms with Crippen LogP contribution in [0.2, 0.25) is 0 Å². The second-order valence-electron chi connectivity index (χ2n) is 8.66. The number of benzene rings is 2. The maximum atomic E-state index is 3.91. The molecule has 0 atom stereocenters. The number of hydrogen-bond donors (Lipinski definition) is 0. The Morgan fingerprint density at radius 1 is 0.606 bits per heavy atom. The predicted octanol–water partition coefficient (Wildman–Crippen LogP) is 6.81. The SMILES string of the molecule is C=CCN(CC=C)c1ccc(P(c2ccc(N(CC=C)CC=C)cc2)C2CCCCC2)cc1. The van der Waals surface area contributed by atoms with E-state index < -0.39 is 0 Å². The summed E-state index contributed by atoms with van der Waals surface area (Å²) in [6.07, 6.45) is 14.6. The van der Waals surface area contributed by atoms with Gasteiger partial charge in [-0.3, -0.25) is 0 Å². The van der Waals surface area contributed by atoms with Crippen molar-refractivity contribution < 1.29 is 0 Å². The van der Waals surface area contributed by atoms with Gasteiger partial charge in [0.25, 0.3) is 0 Å². The van der Waals surface area contributed by atoms with Crippen molar-refractivity contribution in [2.45, 2.75) is 37.8 Å². The molecule has 2 nitrogen and oxygen atoms in total. The standard InChI is InChI=1S/C30H39N2P/c1-5-22-31(23-6-2)26-14-18-29(19-15-26)33(28-12-10-9-11-13-28)30-20-16-27(17-21-30)32(24-7-3)25-8-4/h5-8,14-21,28H,1-4,9-13,22-25H2. The second-order valence-corrected chi connectivity index (χ2v) is 11.2. The largest absolute Gasteiger partial charge is 0.364 e. The molecule has 1 fully saturated rings. The van der Waals surface area contributed by atoms with E-state index in [1.54, 1.807) is 0 Å². The van der Waals surface area contributed by atoms with Gasteiger partial charge in [0.2, 0.25) is 0 Å². The lowest BCUT2D eigenvalue weighted by Gasteiger charge is -2.32. The van der Waals surface area contributed by atoms with Crippen LogP contribution in [0.5, 0.6) is 0 Å². The maximum absolute atomic E-state index is 3.91. The molecule has 2 aromatic rings. The van der Waals surface area contributed by atoms with Crippen molar-refractivity contribution in [1.82, 2.24) is 0 Å². The molecule has 0 amide bonds. The van der Waals surface area contributed by atoms with Crippen molar-refractivity contribution in [2.24, 2.45) is 0 Å². The highest BCUT2D eigenvalue weighted by molar-refractivity contribution is 7.73. The van der Waals surface area contributed by atoms with Crippen LogP contribution in [0, 0.1) is 0 Å². The zero-order valence-corrected chi connectivity index (χ0v) is 20.9. The van der Waals surface area contributed by atoms with Gasteiger partial charge < -0.3 is 9.80 Å². The summed E-state index contributed by atoms with van der Waals surface area (Å²) in [5.41, 5.74) is 3.23. The molecule has 0 unspecified atom stereocenters. The molecule has 0 radical (unpaired) electrons. The molecule has 0 heterocycles. The zero-order chi connectivity index (χ0) is 23.5. The fourth-order valence-electron chi connectivity index (χ4n) is 4.75. The van der Waals surface area contributed by atoms with E-state index in [-0.39, 0.29) is 7.92 Å². The van der Waals surface area contributed by atoms with Crippen LogP contribution < -0.4 is 20.4 Å². The molecule has 1 saturated carbocycles. The summed E-state index contributed by atoms with van der Waals surface area (Å²) in [7, 11) is -0.382. The molecule has 3 heteroatoms. The number of rotatable bonds is 13. The summed E-state index contributed by atoms with van der Waals surface area (Å²) in [4.78, 5) is 4.60. The van der Waals surface area contributed by atoms with E-state index in [0.29, 0.717) is 0 Å². The van der Waals surface area contributed by atoms with Gasteiger partial charge in [-0.25, -0.2) is 0 Å². The first-order valence-electron chi connectivity index (χ1n) is 12.1. The van der Waals surface area contributed by atoms with Gasteiger partial charge in [-0.2, -0.15) is 0 Å². The Kier molecular flexibility index (Phi) is 10.0. The molecule has 0 aromatic heterocycles. The van der Waals surface area contributed by atoms with Crippen LogP contribution in [0.1, 0.15) is 32.1 Å². The Balaban J connectivity index is 1.90. The predicted molar refractivity (Wildman–Crippen MR) is 151 cm³/mol. The van der Waals surface area contributed by atoms with Crippen LogP contribution in [0.3, 0.4) is 0 Å². The van der Waals surface area contributed by atoms with Gasteiger partial charge in [0.15, 0.2) is 0 Å². The minimum Gasteiger partial charge on any atom is -0.364 e. The molecule has 174 valence electrons. The summed E-state index contributed by atoms with van der Waals surface area (Å²) in [5, 5.41) is 2.97. The Morgan fingerprint density at radius 3 is 1.30 bits per heavy atom. The first kappa shape index (κ1) is 25.1. The summed E-state index contributed by atoms with van der Waals surface area (Å²) >= 11 is 0. The van der Waals surface area contributed by atoms with Gasteiger partial charge in [-0.05, 0) is 61.3 Å². The first-order valence-corrected chi connectivity index (χ1v) is 13.6. The molecule has 0 spiro atoms. The number of anilines is 2. The molecule has 0 aliphatic heterocycles. The van der Waals surface area contributed by atoms with Gasteiger partial charge in [-0.15, -0.1) is 26.3 Å². The van der Waals surface area contributed by atoms with E-state index >= 15 is 0 Å². The minimum absolute atomic E-state index is 0.382. The van der Waals surface area contributed by atoms with Crippen LogP contribution in [-0.2, 0) is 0 Å². The van der Waals surface area contributed by atoms with Crippen molar-refractivity contribution >= 4 is 29.9 Å². The molecule has 2 aromatic carbocycles. The Hall–Kier alpha value is -2.57. The minimum atomic E-state index is -0.382. The van der Waals surface area contributed by atoms with Crippen LogP contribution in [0.4, 0.5) is 11.4 Å². The highest BCUT2D eigenvalue weighted by Crippen LogP contribution is 2.46. The second kappa shape index (κ2) is 13.2. The topological polar surface area (TPSA) is 6.48 Å². The lowest BCUT2D eigenvalue weighted by atomic mass is 10.0. The van der Waals surface area contributed by atoms with Gasteiger partial charge in [0.05, 0.1) is 0 Å². The van der Waals surface area contributed by atoms with E-state index in [0.717, 1.165) is 31.8 Å². The molecule has 33 heavy (non-hydrogen) atoms.